The van der Waals surface area contributed by atoms with E-state index in [0.717, 1.165) is 24.5 Å². The summed E-state index contributed by atoms with van der Waals surface area (Å²) in [6.07, 6.45) is 0.797. The lowest BCUT2D eigenvalue weighted by Crippen LogP contribution is -2.16. The van der Waals surface area contributed by atoms with Crippen molar-refractivity contribution < 1.29 is 9.90 Å². The smallest absolute Gasteiger partial charge is 0.355 e. The number of nitrogens with one attached hydrogen (secondary N) is 1. The fourth-order valence-corrected chi connectivity index (χ4v) is 1.67. The molecule has 2 N–H and O–H groups in total. The largest absolute Gasteiger partial charge is 0.476 e. The van der Waals surface area contributed by atoms with E-state index in [2.05, 4.69) is 10.3 Å². The Bertz CT molecular complexity index is 285. The number of nitrogens with zero attached hydrogens (tertiary/aromatic N) is 1. The molecule has 0 aromatic carbocycles. The van der Waals surface area contributed by atoms with E-state index in [0.29, 0.717) is 0 Å². The first kappa shape index (κ1) is 10.1. The Morgan fingerprint density at radius 3 is 3.08 bits per heavy atom. The molecule has 0 amide bonds. The van der Waals surface area contributed by atoms with Gasteiger partial charge in [0.05, 0.1) is 5.01 Å². The first-order chi connectivity index (χ1) is 6.24. The second-order valence-electron chi connectivity index (χ2n) is 2.54. The summed E-state index contributed by atoms with van der Waals surface area (Å²) in [6.45, 7) is 3.81. The molecule has 0 atom stereocenters. The number of likely N-dealkylation sites (N-methyl/N-ethyl adjacent to an activating group) is 1. The second-order valence-corrected chi connectivity index (χ2v) is 3.48. The number of thiazole rings is 1. The second kappa shape index (κ2) is 4.94. The van der Waals surface area contributed by atoms with Crippen molar-refractivity contribution in [3.63, 3.8) is 0 Å². The van der Waals surface area contributed by atoms with Crippen LogP contribution in [0.3, 0.4) is 0 Å². The number of aromatic nitrogens is 1. The molecule has 0 aliphatic carbocycles. The van der Waals surface area contributed by atoms with Gasteiger partial charge >= 0.3 is 5.97 Å². The Morgan fingerprint density at radius 1 is 1.77 bits per heavy atom. The molecule has 4 nitrogen and oxygen atoms in total. The van der Waals surface area contributed by atoms with Gasteiger partial charge in [0.1, 0.15) is 0 Å². The van der Waals surface area contributed by atoms with Crippen LogP contribution in [-0.4, -0.2) is 29.1 Å². The molecular formula is C8H12N2O2S. The fraction of sp³-hybridized carbons (Fsp3) is 0.500. The molecule has 72 valence electrons. The molecular weight excluding hydrogens is 188 g/mol. The zero-order valence-corrected chi connectivity index (χ0v) is 8.23. The van der Waals surface area contributed by atoms with Crippen LogP contribution in [0, 0.1) is 0 Å². The molecule has 0 spiro atoms. The van der Waals surface area contributed by atoms with Crippen LogP contribution in [-0.2, 0) is 6.42 Å². The maximum absolute atomic E-state index is 10.5. The summed E-state index contributed by atoms with van der Waals surface area (Å²) >= 11 is 1.40. The minimum Gasteiger partial charge on any atom is -0.476 e. The maximum atomic E-state index is 10.5. The summed E-state index contributed by atoms with van der Waals surface area (Å²) in [7, 11) is 0. The summed E-state index contributed by atoms with van der Waals surface area (Å²) < 4.78 is 0. The first-order valence-electron chi connectivity index (χ1n) is 4.12. The number of carboxylic acid groups (broad SMARTS) is 1. The third-order valence-electron chi connectivity index (χ3n) is 1.54. The molecule has 0 bridgehead atoms. The molecule has 0 aliphatic heterocycles. The van der Waals surface area contributed by atoms with E-state index in [1.807, 2.05) is 6.92 Å². The Hall–Kier alpha value is -0.940. The molecule has 0 saturated carbocycles. The quantitative estimate of drug-likeness (QED) is 0.696. The highest BCUT2D eigenvalue weighted by molar-refractivity contribution is 7.09. The topological polar surface area (TPSA) is 62.2 Å². The highest BCUT2D eigenvalue weighted by Gasteiger charge is 2.07. The van der Waals surface area contributed by atoms with E-state index in [1.165, 1.54) is 11.3 Å². The van der Waals surface area contributed by atoms with Crippen LogP contribution in [0.4, 0.5) is 0 Å². The number of carboxylic acids is 1. The van der Waals surface area contributed by atoms with Crippen molar-refractivity contribution in [3.05, 3.63) is 16.1 Å². The Balaban J connectivity index is 2.44. The highest BCUT2D eigenvalue weighted by Crippen LogP contribution is 2.09. The van der Waals surface area contributed by atoms with Gasteiger partial charge in [0.15, 0.2) is 5.69 Å². The third-order valence-corrected chi connectivity index (χ3v) is 2.45. The summed E-state index contributed by atoms with van der Waals surface area (Å²) in [4.78, 5) is 14.4. The van der Waals surface area contributed by atoms with Crippen LogP contribution in [0.1, 0.15) is 22.4 Å². The van der Waals surface area contributed by atoms with Gasteiger partial charge in [0.2, 0.25) is 0 Å². The minimum absolute atomic E-state index is 0.150. The molecule has 13 heavy (non-hydrogen) atoms. The monoisotopic (exact) mass is 200 g/mol. The molecule has 0 saturated heterocycles. The zero-order valence-electron chi connectivity index (χ0n) is 7.41. The lowest BCUT2D eigenvalue weighted by atomic mass is 10.4. The summed E-state index contributed by atoms with van der Waals surface area (Å²) in [5.74, 6) is -0.953. The van der Waals surface area contributed by atoms with Crippen molar-refractivity contribution in [1.82, 2.24) is 10.3 Å². The van der Waals surface area contributed by atoms with Gasteiger partial charge in [-0.15, -0.1) is 11.3 Å². The molecule has 0 unspecified atom stereocenters. The van der Waals surface area contributed by atoms with Crippen LogP contribution in [0.5, 0.6) is 0 Å². The van der Waals surface area contributed by atoms with Gasteiger partial charge in [0.25, 0.3) is 0 Å². The lowest BCUT2D eigenvalue weighted by molar-refractivity contribution is 0.0691. The van der Waals surface area contributed by atoms with Crippen LogP contribution in [0.25, 0.3) is 0 Å². The Labute approximate surface area is 80.6 Å². The van der Waals surface area contributed by atoms with Gasteiger partial charge in [-0.2, -0.15) is 0 Å². The molecule has 1 aromatic heterocycles. The van der Waals surface area contributed by atoms with Crippen molar-refractivity contribution in [2.75, 3.05) is 13.1 Å². The summed E-state index contributed by atoms with van der Waals surface area (Å²) in [5.41, 5.74) is 0.150. The van der Waals surface area contributed by atoms with Crippen molar-refractivity contribution >= 4 is 17.3 Å². The Kier molecular flexibility index (Phi) is 3.85. The van der Waals surface area contributed by atoms with E-state index in [4.69, 9.17) is 5.11 Å². The molecule has 1 aromatic rings. The first-order valence-corrected chi connectivity index (χ1v) is 5.00. The lowest BCUT2D eigenvalue weighted by Gasteiger charge is -1.96. The van der Waals surface area contributed by atoms with Crippen LogP contribution in [0.2, 0.25) is 0 Å². The molecule has 0 fully saturated rings. The maximum Gasteiger partial charge on any atom is 0.355 e. The van der Waals surface area contributed by atoms with Crippen LogP contribution in [0.15, 0.2) is 5.38 Å². The predicted octanol–water partition coefficient (Wildman–Crippen LogP) is 0.993. The number of hydrogen-bond acceptors (Lipinski definition) is 4. The standard InChI is InChI=1S/C8H12N2O2S/c1-2-9-4-3-7-10-6(5-13-7)8(11)12/h5,9H,2-4H2,1H3,(H,11,12). The summed E-state index contributed by atoms with van der Waals surface area (Å²) in [5, 5.41) is 14.2. The average molecular weight is 200 g/mol. The number of aromatic carboxylic acids is 1. The van der Waals surface area contributed by atoms with E-state index in [1.54, 1.807) is 5.38 Å². The van der Waals surface area contributed by atoms with E-state index >= 15 is 0 Å². The molecule has 1 heterocycles. The Morgan fingerprint density at radius 2 is 2.54 bits per heavy atom. The van der Waals surface area contributed by atoms with Crippen molar-refractivity contribution in [2.45, 2.75) is 13.3 Å². The van der Waals surface area contributed by atoms with Crippen LogP contribution < -0.4 is 5.32 Å². The van der Waals surface area contributed by atoms with Gasteiger partial charge in [-0.1, -0.05) is 6.92 Å². The van der Waals surface area contributed by atoms with Crippen LogP contribution >= 0.6 is 11.3 Å². The van der Waals surface area contributed by atoms with Gasteiger partial charge < -0.3 is 10.4 Å². The molecule has 0 radical (unpaired) electrons. The van der Waals surface area contributed by atoms with Gasteiger partial charge in [-0.25, -0.2) is 9.78 Å². The predicted molar refractivity (Wildman–Crippen MR) is 51.3 cm³/mol. The van der Waals surface area contributed by atoms with E-state index in [-0.39, 0.29) is 5.69 Å². The number of carbonyl (C=O) groups is 1. The molecule has 5 heteroatoms. The fourth-order valence-electron chi connectivity index (χ4n) is 0.896. The van der Waals surface area contributed by atoms with Crippen molar-refractivity contribution in [2.24, 2.45) is 0 Å². The molecule has 1 rings (SSSR count). The van der Waals surface area contributed by atoms with Gasteiger partial charge in [-0.3, -0.25) is 0 Å². The minimum atomic E-state index is -0.953. The normalized spacial score (nSPS) is 10.2. The van der Waals surface area contributed by atoms with Crippen molar-refractivity contribution in [3.8, 4) is 0 Å². The van der Waals surface area contributed by atoms with E-state index in [9.17, 15) is 4.79 Å². The molecule has 0 aliphatic rings. The average Bonchev–Trinajstić information content (AvgIpc) is 2.53. The van der Waals surface area contributed by atoms with Gasteiger partial charge in [-0.05, 0) is 6.54 Å². The number of rotatable bonds is 5. The SMILES string of the molecule is CCNCCc1nc(C(=O)O)cs1. The third kappa shape index (κ3) is 3.12. The number of hydrogen-bond donors (Lipinski definition) is 2. The summed E-state index contributed by atoms with van der Waals surface area (Å²) in [6, 6.07) is 0. The van der Waals surface area contributed by atoms with E-state index < -0.39 is 5.97 Å². The zero-order chi connectivity index (χ0) is 9.68. The van der Waals surface area contributed by atoms with Gasteiger partial charge in [0, 0.05) is 18.3 Å². The highest BCUT2D eigenvalue weighted by atomic mass is 32.1. The van der Waals surface area contributed by atoms with Crippen molar-refractivity contribution in [1.29, 1.82) is 0 Å².